The first-order valence-corrected chi connectivity index (χ1v) is 16.1. The molecule has 5 aromatic carbocycles. The van der Waals surface area contributed by atoms with E-state index in [9.17, 15) is 0 Å². The van der Waals surface area contributed by atoms with Crippen LogP contribution in [0.3, 0.4) is 0 Å². The molecule has 0 aliphatic heterocycles. The molecule has 0 radical (unpaired) electrons. The number of rotatable bonds is 11. The summed E-state index contributed by atoms with van der Waals surface area (Å²) in [5.41, 5.74) is 1.36. The summed E-state index contributed by atoms with van der Waals surface area (Å²) in [6, 6.07) is 28.1. The van der Waals surface area contributed by atoms with Gasteiger partial charge in [-0.25, -0.2) is 4.57 Å². The number of aromatic nitrogens is 1. The third-order valence-electron chi connectivity index (χ3n) is 8.98. The van der Waals surface area contributed by atoms with Crippen molar-refractivity contribution < 1.29 is 43.0 Å². The number of pyridine rings is 1. The van der Waals surface area contributed by atoms with Gasteiger partial charge in [-0.1, -0.05) is 75.2 Å². The Labute approximate surface area is 284 Å². The summed E-state index contributed by atoms with van der Waals surface area (Å²) < 4.78 is 3.36. The van der Waals surface area contributed by atoms with E-state index in [1.54, 1.807) is 0 Å². The molecule has 0 unspecified atom stereocenters. The third-order valence-corrected chi connectivity index (χ3v) is 8.98. The Hall–Kier alpha value is -2.73. The fourth-order valence-corrected chi connectivity index (χ4v) is 6.63. The summed E-state index contributed by atoms with van der Waals surface area (Å²) in [6.45, 7) is 9.07. The van der Waals surface area contributed by atoms with Crippen LogP contribution in [0.5, 0.6) is 0 Å². The lowest BCUT2D eigenvalue weighted by atomic mass is 9.93. The Balaban J connectivity index is 0.00000221. The van der Waals surface area contributed by atoms with Gasteiger partial charge in [0.1, 0.15) is 0 Å². The summed E-state index contributed by atoms with van der Waals surface area (Å²) in [4.78, 5) is 2.58. The Morgan fingerprint density at radius 2 is 1.05 bits per heavy atom. The van der Waals surface area contributed by atoms with Crippen molar-refractivity contribution in [1.82, 2.24) is 0 Å². The molecule has 0 spiro atoms. The number of fused-ring (bicyclic) bond motifs is 9. The Morgan fingerprint density at radius 3 is 1.59 bits per heavy atom. The lowest BCUT2D eigenvalue weighted by Crippen LogP contribution is -3.00. The summed E-state index contributed by atoms with van der Waals surface area (Å²) in [5, 5.41) is 13.3. The number of halogens is 2. The maximum absolute atomic E-state index is 2.58. The zero-order valence-corrected chi connectivity index (χ0v) is 30.2. The fourth-order valence-electron chi connectivity index (χ4n) is 6.63. The standard InChI is InChI=1S/C39H47N3.2BrH/c1-6-8-23-41(24-9-7-2)31-13-16-32-29(27-31)11-14-36-34(32)17-19-39-37-15-12-30-28-40(22-10-26-42(3,4)5)25-21-33(30)35(37)18-20-38(36)39;;/h11-21,25,27-28H,6-10,22-24,26H2,1-5H3;2*1H/q+2;;/p-2. The normalized spacial score (nSPS) is 11.8. The zero-order valence-electron chi connectivity index (χ0n) is 27.0. The average molecular weight is 718 g/mol. The number of anilines is 1. The van der Waals surface area contributed by atoms with Crippen molar-refractivity contribution in [3.05, 3.63) is 85.2 Å². The van der Waals surface area contributed by atoms with Crippen molar-refractivity contribution in [1.29, 1.82) is 0 Å². The number of nitrogens with zero attached hydrogens (tertiary/aromatic N) is 3. The maximum atomic E-state index is 2.58. The number of benzene rings is 5. The third kappa shape index (κ3) is 7.06. The van der Waals surface area contributed by atoms with E-state index in [1.807, 2.05) is 0 Å². The van der Waals surface area contributed by atoms with Crippen LogP contribution >= 0.6 is 0 Å². The molecule has 0 N–H and O–H groups in total. The van der Waals surface area contributed by atoms with E-state index in [4.69, 9.17) is 0 Å². The van der Waals surface area contributed by atoms with E-state index in [0.717, 1.165) is 24.1 Å². The first-order chi connectivity index (χ1) is 20.4. The molecule has 0 saturated heterocycles. The molecule has 3 nitrogen and oxygen atoms in total. The van der Waals surface area contributed by atoms with E-state index in [0.29, 0.717) is 0 Å². The minimum atomic E-state index is 0. The van der Waals surface area contributed by atoms with Crippen LogP contribution in [-0.4, -0.2) is 45.3 Å². The highest BCUT2D eigenvalue weighted by Crippen LogP contribution is 2.37. The lowest BCUT2D eigenvalue weighted by molar-refractivity contribution is -0.873. The second kappa shape index (κ2) is 14.6. The molecule has 0 aliphatic carbocycles. The molecular weight excluding hydrogens is 670 g/mol. The molecule has 0 amide bonds. The van der Waals surface area contributed by atoms with E-state index in [1.165, 1.54) is 98.2 Å². The topological polar surface area (TPSA) is 7.12 Å². The largest absolute Gasteiger partial charge is 1.00 e. The number of aryl methyl sites for hydroxylation is 1. The van der Waals surface area contributed by atoms with Gasteiger partial charge in [0, 0.05) is 35.6 Å². The van der Waals surface area contributed by atoms with Crippen LogP contribution < -0.4 is 43.4 Å². The van der Waals surface area contributed by atoms with E-state index in [2.05, 4.69) is 130 Å². The highest BCUT2D eigenvalue weighted by atomic mass is 79.9. The van der Waals surface area contributed by atoms with Crippen molar-refractivity contribution in [3.63, 3.8) is 0 Å². The molecule has 0 bridgehead atoms. The summed E-state index contributed by atoms with van der Waals surface area (Å²) in [7, 11) is 6.79. The van der Waals surface area contributed by atoms with Gasteiger partial charge >= 0.3 is 0 Å². The van der Waals surface area contributed by atoms with Gasteiger partial charge in [0.2, 0.25) is 0 Å². The van der Waals surface area contributed by atoms with Crippen molar-refractivity contribution in [2.75, 3.05) is 45.7 Å². The van der Waals surface area contributed by atoms with Gasteiger partial charge < -0.3 is 43.3 Å². The Bertz CT molecular complexity index is 1880. The molecule has 1 aromatic heterocycles. The molecule has 0 atom stereocenters. The van der Waals surface area contributed by atoms with Gasteiger partial charge in [0.25, 0.3) is 0 Å². The highest BCUT2D eigenvalue weighted by molar-refractivity contribution is 6.24. The minimum absolute atomic E-state index is 0. The van der Waals surface area contributed by atoms with E-state index < -0.39 is 0 Å². The van der Waals surface area contributed by atoms with Crippen molar-refractivity contribution >= 4 is 59.5 Å². The first kappa shape index (κ1) is 34.1. The van der Waals surface area contributed by atoms with Crippen LogP contribution in [0.25, 0.3) is 53.9 Å². The summed E-state index contributed by atoms with van der Waals surface area (Å²) in [5.74, 6) is 0. The Morgan fingerprint density at radius 1 is 0.568 bits per heavy atom. The number of unbranched alkanes of at least 4 members (excludes halogenated alkanes) is 2. The van der Waals surface area contributed by atoms with Crippen LogP contribution in [0, 0.1) is 0 Å². The predicted molar refractivity (Wildman–Crippen MR) is 184 cm³/mol. The number of quaternary nitrogens is 1. The number of hydrogen-bond donors (Lipinski definition) is 0. The Kier molecular flexibility index (Phi) is 11.3. The van der Waals surface area contributed by atoms with Gasteiger partial charge in [-0.15, -0.1) is 0 Å². The monoisotopic (exact) mass is 715 g/mol. The molecule has 0 fully saturated rings. The molecule has 0 saturated carbocycles. The quantitative estimate of drug-likeness (QED) is 0.114. The molecule has 232 valence electrons. The molecule has 1 heterocycles. The minimum Gasteiger partial charge on any atom is -1.00 e. The zero-order chi connectivity index (χ0) is 29.3. The van der Waals surface area contributed by atoms with Crippen molar-refractivity contribution in [2.45, 2.75) is 52.5 Å². The van der Waals surface area contributed by atoms with Crippen LogP contribution in [0.4, 0.5) is 5.69 Å². The fraction of sp³-hybridized carbons (Fsp3) is 0.359. The first-order valence-electron chi connectivity index (χ1n) is 16.1. The van der Waals surface area contributed by atoms with Gasteiger partial charge in [0.05, 0.1) is 34.1 Å². The molecule has 5 heteroatoms. The molecule has 6 aromatic rings. The van der Waals surface area contributed by atoms with E-state index >= 15 is 0 Å². The van der Waals surface area contributed by atoms with Crippen LogP contribution in [-0.2, 0) is 6.54 Å². The lowest BCUT2D eigenvalue weighted by Gasteiger charge is -2.25. The summed E-state index contributed by atoms with van der Waals surface area (Å²) in [6.07, 6.45) is 10.7. The second-order valence-corrected chi connectivity index (χ2v) is 13.2. The van der Waals surface area contributed by atoms with Crippen molar-refractivity contribution in [3.8, 4) is 0 Å². The number of hydrogen-bond acceptors (Lipinski definition) is 1. The molecule has 44 heavy (non-hydrogen) atoms. The highest BCUT2D eigenvalue weighted by Gasteiger charge is 2.14. The van der Waals surface area contributed by atoms with Crippen molar-refractivity contribution in [2.24, 2.45) is 0 Å². The van der Waals surface area contributed by atoms with Gasteiger partial charge in [-0.3, -0.25) is 0 Å². The average Bonchev–Trinajstić information content (AvgIpc) is 2.99. The van der Waals surface area contributed by atoms with Crippen LogP contribution in [0.1, 0.15) is 46.0 Å². The van der Waals surface area contributed by atoms with E-state index in [-0.39, 0.29) is 34.0 Å². The molecular formula is C39H47Br2N3. The maximum Gasteiger partial charge on any atom is 0.176 e. The SMILES string of the molecule is CCCCN(CCCC)c1ccc2c(ccc3c2ccc2c4ccc5c[n+](CCC[N+](C)(C)C)ccc5c4ccc32)c1.[Br-].[Br-]. The molecule has 6 rings (SSSR count). The predicted octanol–water partition coefficient (Wildman–Crippen LogP) is 3.25. The van der Waals surface area contributed by atoms with Gasteiger partial charge in [0.15, 0.2) is 18.9 Å². The smallest absolute Gasteiger partial charge is 0.176 e. The van der Waals surface area contributed by atoms with Crippen LogP contribution in [0.2, 0.25) is 0 Å². The molecule has 0 aliphatic rings. The van der Waals surface area contributed by atoms with Gasteiger partial charge in [-0.2, -0.15) is 0 Å². The summed E-state index contributed by atoms with van der Waals surface area (Å²) >= 11 is 0. The second-order valence-electron chi connectivity index (χ2n) is 13.2. The van der Waals surface area contributed by atoms with Crippen LogP contribution in [0.15, 0.2) is 85.2 Å². The van der Waals surface area contributed by atoms with Gasteiger partial charge in [-0.05, 0) is 74.1 Å².